The lowest BCUT2D eigenvalue weighted by molar-refractivity contribution is 0.306. The highest BCUT2D eigenvalue weighted by atomic mass is 16.5. The highest BCUT2D eigenvalue weighted by molar-refractivity contribution is 5.59. The lowest BCUT2D eigenvalue weighted by Crippen LogP contribution is -2.15. The maximum absolute atomic E-state index is 12.1. The Hall–Kier alpha value is -3.66. The molecular formula is C24H20N2O2. The van der Waals surface area contributed by atoms with E-state index in [2.05, 4.69) is 9.97 Å². The lowest BCUT2D eigenvalue weighted by atomic mass is 10.1. The molecule has 0 unspecified atom stereocenters. The molecule has 4 heteroatoms. The van der Waals surface area contributed by atoms with Gasteiger partial charge in [-0.3, -0.25) is 4.79 Å². The Bertz CT molecular complexity index is 1090. The maximum atomic E-state index is 12.1. The van der Waals surface area contributed by atoms with Gasteiger partial charge in [-0.1, -0.05) is 60.7 Å². The molecule has 1 N–H and O–H groups in total. The molecule has 0 saturated carbocycles. The van der Waals surface area contributed by atoms with E-state index in [9.17, 15) is 4.79 Å². The molecule has 0 bridgehead atoms. The molecule has 0 fully saturated rings. The van der Waals surface area contributed by atoms with Gasteiger partial charge in [0.05, 0.1) is 5.69 Å². The van der Waals surface area contributed by atoms with Gasteiger partial charge in [0, 0.05) is 18.2 Å². The Morgan fingerprint density at radius 2 is 1.43 bits per heavy atom. The number of rotatable bonds is 6. The third-order valence-corrected chi connectivity index (χ3v) is 4.47. The van der Waals surface area contributed by atoms with Crippen molar-refractivity contribution in [2.24, 2.45) is 0 Å². The predicted octanol–water partition coefficient (Wildman–Crippen LogP) is 4.61. The van der Waals surface area contributed by atoms with E-state index in [0.29, 0.717) is 18.7 Å². The highest BCUT2D eigenvalue weighted by Gasteiger charge is 2.07. The fraction of sp³-hybridized carbons (Fsp3) is 0.0833. The van der Waals surface area contributed by atoms with Crippen molar-refractivity contribution in [2.45, 2.75) is 13.0 Å². The zero-order valence-electron chi connectivity index (χ0n) is 15.3. The largest absolute Gasteiger partial charge is 0.489 e. The van der Waals surface area contributed by atoms with E-state index in [0.717, 1.165) is 28.1 Å². The molecule has 0 radical (unpaired) electrons. The molecular weight excluding hydrogens is 348 g/mol. The number of ether oxygens (including phenoxy) is 1. The molecule has 1 aromatic heterocycles. The minimum absolute atomic E-state index is 0.157. The van der Waals surface area contributed by atoms with Crippen LogP contribution in [0.5, 0.6) is 5.75 Å². The third kappa shape index (κ3) is 4.35. The van der Waals surface area contributed by atoms with Crippen LogP contribution in [-0.4, -0.2) is 9.97 Å². The van der Waals surface area contributed by atoms with Gasteiger partial charge in [-0.25, -0.2) is 4.98 Å². The van der Waals surface area contributed by atoms with Gasteiger partial charge in [0.2, 0.25) is 0 Å². The molecule has 0 atom stereocenters. The van der Waals surface area contributed by atoms with Crippen LogP contribution in [0, 0.1) is 0 Å². The van der Waals surface area contributed by atoms with Gasteiger partial charge < -0.3 is 9.72 Å². The molecule has 138 valence electrons. The monoisotopic (exact) mass is 368 g/mol. The van der Waals surface area contributed by atoms with Gasteiger partial charge >= 0.3 is 0 Å². The zero-order valence-corrected chi connectivity index (χ0v) is 15.3. The van der Waals surface area contributed by atoms with E-state index in [1.54, 1.807) is 6.20 Å². The van der Waals surface area contributed by atoms with Gasteiger partial charge in [0.15, 0.2) is 0 Å². The lowest BCUT2D eigenvalue weighted by Gasteiger charge is -2.08. The van der Waals surface area contributed by atoms with Crippen LogP contribution in [0.2, 0.25) is 0 Å². The molecule has 0 saturated heterocycles. The van der Waals surface area contributed by atoms with Crippen LogP contribution >= 0.6 is 0 Å². The number of hydrogen-bond acceptors (Lipinski definition) is 3. The number of aromatic nitrogens is 2. The van der Waals surface area contributed by atoms with Crippen molar-refractivity contribution in [2.75, 3.05) is 0 Å². The fourth-order valence-electron chi connectivity index (χ4n) is 2.97. The molecule has 3 aromatic carbocycles. The second kappa shape index (κ2) is 8.35. The Morgan fingerprint density at radius 3 is 2.11 bits per heavy atom. The summed E-state index contributed by atoms with van der Waals surface area (Å²) in [5, 5.41) is 0. The Balaban J connectivity index is 1.49. The molecule has 0 aliphatic rings. The second-order valence-corrected chi connectivity index (χ2v) is 6.52. The second-order valence-electron chi connectivity index (χ2n) is 6.52. The van der Waals surface area contributed by atoms with Gasteiger partial charge in [-0.2, -0.15) is 0 Å². The number of nitrogens with one attached hydrogen (secondary N) is 1. The van der Waals surface area contributed by atoms with Crippen LogP contribution in [0.1, 0.15) is 16.8 Å². The summed E-state index contributed by atoms with van der Waals surface area (Å²) in [6.07, 6.45) is 2.15. The SMILES string of the molecule is O=c1[nH]cc(-c2ccc(OCc3ccccc3)cc2)nc1Cc1ccccc1. The van der Waals surface area contributed by atoms with Crippen molar-refractivity contribution in [3.63, 3.8) is 0 Å². The van der Waals surface area contributed by atoms with Crippen molar-refractivity contribution >= 4 is 0 Å². The standard InChI is InChI=1S/C24H20N2O2/c27-24-22(15-18-7-3-1-4-8-18)26-23(16-25-24)20-11-13-21(14-12-20)28-17-19-9-5-2-6-10-19/h1-14,16H,15,17H2,(H,25,27). The first-order valence-electron chi connectivity index (χ1n) is 9.17. The van der Waals surface area contributed by atoms with Crippen LogP contribution in [-0.2, 0) is 13.0 Å². The highest BCUT2D eigenvalue weighted by Crippen LogP contribution is 2.21. The third-order valence-electron chi connectivity index (χ3n) is 4.47. The quantitative estimate of drug-likeness (QED) is 0.541. The number of H-pyrrole nitrogens is 1. The van der Waals surface area contributed by atoms with Crippen LogP contribution in [0.4, 0.5) is 0 Å². The number of benzene rings is 3. The number of nitrogens with zero attached hydrogens (tertiary/aromatic N) is 1. The molecule has 1 heterocycles. The van der Waals surface area contributed by atoms with E-state index in [4.69, 9.17) is 4.74 Å². The average molecular weight is 368 g/mol. The van der Waals surface area contributed by atoms with E-state index < -0.39 is 0 Å². The predicted molar refractivity (Wildman–Crippen MR) is 110 cm³/mol. The minimum atomic E-state index is -0.157. The molecule has 0 spiro atoms. The normalized spacial score (nSPS) is 10.6. The van der Waals surface area contributed by atoms with Gasteiger partial charge in [-0.05, 0) is 35.4 Å². The molecule has 0 aliphatic heterocycles. The van der Waals surface area contributed by atoms with E-state index in [-0.39, 0.29) is 5.56 Å². The maximum Gasteiger partial charge on any atom is 0.270 e. The first-order valence-corrected chi connectivity index (χ1v) is 9.17. The molecule has 4 nitrogen and oxygen atoms in total. The van der Waals surface area contributed by atoms with Crippen molar-refractivity contribution in [3.05, 3.63) is 118 Å². The van der Waals surface area contributed by atoms with E-state index in [1.807, 2.05) is 84.9 Å². The summed E-state index contributed by atoms with van der Waals surface area (Å²) in [5.74, 6) is 0.793. The van der Waals surface area contributed by atoms with E-state index in [1.165, 1.54) is 0 Å². The van der Waals surface area contributed by atoms with Crippen molar-refractivity contribution < 1.29 is 4.74 Å². The van der Waals surface area contributed by atoms with Crippen LogP contribution in [0.15, 0.2) is 95.9 Å². The summed E-state index contributed by atoms with van der Waals surface area (Å²) in [5.41, 5.74) is 4.20. The van der Waals surface area contributed by atoms with Crippen molar-refractivity contribution in [3.8, 4) is 17.0 Å². The van der Waals surface area contributed by atoms with Crippen LogP contribution < -0.4 is 10.3 Å². The van der Waals surface area contributed by atoms with Gasteiger partial charge in [-0.15, -0.1) is 0 Å². The Labute approximate surface area is 163 Å². The summed E-state index contributed by atoms with van der Waals surface area (Å²) in [6, 6.07) is 27.7. The number of aromatic amines is 1. The summed E-state index contributed by atoms with van der Waals surface area (Å²) >= 11 is 0. The smallest absolute Gasteiger partial charge is 0.270 e. The topological polar surface area (TPSA) is 55.0 Å². The summed E-state index contributed by atoms with van der Waals surface area (Å²) < 4.78 is 5.83. The molecule has 0 aliphatic carbocycles. The molecule has 0 amide bonds. The Morgan fingerprint density at radius 1 is 0.786 bits per heavy atom. The van der Waals surface area contributed by atoms with Crippen LogP contribution in [0.25, 0.3) is 11.3 Å². The summed E-state index contributed by atoms with van der Waals surface area (Å²) in [7, 11) is 0. The Kier molecular flexibility index (Phi) is 5.29. The molecule has 4 aromatic rings. The average Bonchev–Trinajstić information content (AvgIpc) is 2.76. The first-order chi connectivity index (χ1) is 13.8. The summed E-state index contributed by atoms with van der Waals surface area (Å²) in [6.45, 7) is 0.526. The van der Waals surface area contributed by atoms with Crippen molar-refractivity contribution in [1.82, 2.24) is 9.97 Å². The van der Waals surface area contributed by atoms with Gasteiger partial charge in [0.25, 0.3) is 5.56 Å². The first kappa shape index (κ1) is 17.7. The van der Waals surface area contributed by atoms with Gasteiger partial charge in [0.1, 0.15) is 18.1 Å². The van der Waals surface area contributed by atoms with Crippen LogP contribution in [0.3, 0.4) is 0 Å². The molecule has 4 rings (SSSR count). The minimum Gasteiger partial charge on any atom is -0.489 e. The van der Waals surface area contributed by atoms with E-state index >= 15 is 0 Å². The zero-order chi connectivity index (χ0) is 19.2. The summed E-state index contributed by atoms with van der Waals surface area (Å²) in [4.78, 5) is 19.5. The fourth-order valence-corrected chi connectivity index (χ4v) is 2.97. The van der Waals surface area contributed by atoms with Crippen molar-refractivity contribution in [1.29, 1.82) is 0 Å². The molecule has 28 heavy (non-hydrogen) atoms. The number of hydrogen-bond donors (Lipinski definition) is 1.